The van der Waals surface area contributed by atoms with Crippen LogP contribution in [0.4, 0.5) is 0 Å². The number of carbonyl (C=O) groups excluding carboxylic acids is 4. The number of rotatable bonds is 27. The van der Waals surface area contributed by atoms with E-state index in [0.29, 0.717) is 28.3 Å². The lowest BCUT2D eigenvalue weighted by Gasteiger charge is -2.27. The van der Waals surface area contributed by atoms with Crippen molar-refractivity contribution >= 4 is 35.2 Å². The molecule has 2 amide bonds. The van der Waals surface area contributed by atoms with Gasteiger partial charge in [0.1, 0.15) is 11.8 Å². The van der Waals surface area contributed by atoms with Gasteiger partial charge < -0.3 is 30.3 Å². The van der Waals surface area contributed by atoms with Gasteiger partial charge in [-0.3, -0.25) is 14.4 Å². The SMILES string of the molecule is CCC=CCC=CCC=CCC=CCC=CCC=CCCC(=O)NC(CNC(=O)C(C)(C)Oc1ccc(C(=O)c2ccc(Cl)cc2)cc1)C(=O)OCC(CO)CO. The van der Waals surface area contributed by atoms with Crippen LogP contribution in [0.3, 0.4) is 0 Å². The summed E-state index contributed by atoms with van der Waals surface area (Å²) < 4.78 is 11.2. The molecule has 57 heavy (non-hydrogen) atoms. The van der Waals surface area contributed by atoms with Crippen LogP contribution >= 0.6 is 11.6 Å². The number of halogens is 1. The van der Waals surface area contributed by atoms with Crippen LogP contribution in [0.2, 0.25) is 5.02 Å². The zero-order valence-corrected chi connectivity index (χ0v) is 34.2. The molecule has 0 aliphatic heterocycles. The maximum Gasteiger partial charge on any atom is 0.330 e. The highest BCUT2D eigenvalue weighted by Crippen LogP contribution is 2.21. The number of ether oxygens (including phenoxy) is 2. The second-order valence-electron chi connectivity index (χ2n) is 13.6. The van der Waals surface area contributed by atoms with Gasteiger partial charge in [-0.2, -0.15) is 0 Å². The summed E-state index contributed by atoms with van der Waals surface area (Å²) in [4.78, 5) is 51.8. The predicted octanol–water partition coefficient (Wildman–Crippen LogP) is 7.95. The largest absolute Gasteiger partial charge is 0.478 e. The van der Waals surface area contributed by atoms with Crippen molar-refractivity contribution in [2.24, 2.45) is 5.92 Å². The summed E-state index contributed by atoms with van der Waals surface area (Å²) in [5.74, 6) is -2.37. The van der Waals surface area contributed by atoms with E-state index in [-0.39, 0.29) is 25.4 Å². The van der Waals surface area contributed by atoms with Crippen molar-refractivity contribution in [2.45, 2.75) is 83.8 Å². The Kier molecular flexibility index (Phi) is 24.0. The van der Waals surface area contributed by atoms with Crippen LogP contribution in [0.15, 0.2) is 121 Å². The third-order valence-electron chi connectivity index (χ3n) is 8.34. The van der Waals surface area contributed by atoms with Crippen molar-refractivity contribution in [3.05, 3.63) is 138 Å². The molecule has 0 radical (unpaired) electrons. The minimum absolute atomic E-state index is 0.0981. The van der Waals surface area contributed by atoms with Crippen molar-refractivity contribution in [1.29, 1.82) is 0 Å². The molecule has 0 heterocycles. The Labute approximate surface area is 343 Å². The molecular formula is C46H59ClN2O8. The zero-order chi connectivity index (χ0) is 41.7. The summed E-state index contributed by atoms with van der Waals surface area (Å²) in [7, 11) is 0. The summed E-state index contributed by atoms with van der Waals surface area (Å²) in [5.41, 5.74) is -0.506. The summed E-state index contributed by atoms with van der Waals surface area (Å²) >= 11 is 5.93. The molecular weight excluding hydrogens is 744 g/mol. The Morgan fingerprint density at radius 3 is 1.68 bits per heavy atom. The molecule has 2 aromatic carbocycles. The van der Waals surface area contributed by atoms with Gasteiger partial charge >= 0.3 is 5.97 Å². The molecule has 4 N–H and O–H groups in total. The van der Waals surface area contributed by atoms with E-state index >= 15 is 0 Å². The lowest BCUT2D eigenvalue weighted by atomic mass is 10.0. The molecule has 1 unspecified atom stereocenters. The molecule has 2 rings (SSSR count). The fourth-order valence-electron chi connectivity index (χ4n) is 4.97. The van der Waals surface area contributed by atoms with Crippen LogP contribution in [0.1, 0.15) is 88.1 Å². The molecule has 0 spiro atoms. The van der Waals surface area contributed by atoms with E-state index < -0.39 is 48.6 Å². The Morgan fingerprint density at radius 2 is 1.19 bits per heavy atom. The molecule has 11 heteroatoms. The van der Waals surface area contributed by atoms with Crippen molar-refractivity contribution < 1.29 is 38.9 Å². The monoisotopic (exact) mass is 802 g/mol. The number of nitrogens with one attached hydrogen (secondary N) is 2. The number of hydrogen-bond acceptors (Lipinski definition) is 8. The normalized spacial score (nSPS) is 12.8. The fraction of sp³-hybridized carbons (Fsp3) is 0.391. The average Bonchev–Trinajstić information content (AvgIpc) is 3.20. The average molecular weight is 803 g/mol. The van der Waals surface area contributed by atoms with E-state index in [1.807, 2.05) is 12.2 Å². The second-order valence-corrected chi connectivity index (χ2v) is 14.1. The Balaban J connectivity index is 1.83. The molecule has 0 saturated heterocycles. The quantitative estimate of drug-likeness (QED) is 0.0404. The van der Waals surface area contributed by atoms with Crippen LogP contribution in [0.25, 0.3) is 0 Å². The molecule has 308 valence electrons. The predicted molar refractivity (Wildman–Crippen MR) is 227 cm³/mol. The van der Waals surface area contributed by atoms with E-state index in [1.54, 1.807) is 62.4 Å². The highest BCUT2D eigenvalue weighted by atomic mass is 35.5. The third-order valence-corrected chi connectivity index (χ3v) is 8.59. The topological polar surface area (TPSA) is 151 Å². The molecule has 0 aliphatic carbocycles. The Morgan fingerprint density at radius 1 is 0.719 bits per heavy atom. The first-order valence-electron chi connectivity index (χ1n) is 19.5. The molecule has 0 saturated carbocycles. The number of ketones is 1. The van der Waals surface area contributed by atoms with Gasteiger partial charge in [-0.1, -0.05) is 91.4 Å². The minimum atomic E-state index is -1.41. The van der Waals surface area contributed by atoms with Gasteiger partial charge in [-0.05, 0) is 107 Å². The number of hydrogen-bond donors (Lipinski definition) is 4. The molecule has 10 nitrogen and oxygen atoms in total. The van der Waals surface area contributed by atoms with Gasteiger partial charge in [0.2, 0.25) is 5.91 Å². The molecule has 0 bridgehead atoms. The minimum Gasteiger partial charge on any atom is -0.478 e. The zero-order valence-electron chi connectivity index (χ0n) is 33.4. The number of carbonyl (C=O) groups is 4. The van der Waals surface area contributed by atoms with Crippen molar-refractivity contribution in [3.63, 3.8) is 0 Å². The van der Waals surface area contributed by atoms with Crippen LogP contribution < -0.4 is 15.4 Å². The van der Waals surface area contributed by atoms with Crippen LogP contribution in [0, 0.1) is 5.92 Å². The number of benzene rings is 2. The maximum absolute atomic E-state index is 13.2. The summed E-state index contributed by atoms with van der Waals surface area (Å²) in [6.45, 7) is 3.85. The van der Waals surface area contributed by atoms with E-state index in [2.05, 4.69) is 78.3 Å². The third kappa shape index (κ3) is 20.6. The van der Waals surface area contributed by atoms with E-state index in [4.69, 9.17) is 21.1 Å². The van der Waals surface area contributed by atoms with Gasteiger partial charge in [-0.25, -0.2) is 4.79 Å². The van der Waals surface area contributed by atoms with Crippen LogP contribution in [0.5, 0.6) is 5.75 Å². The number of aliphatic hydroxyl groups excluding tert-OH is 2. The first-order valence-corrected chi connectivity index (χ1v) is 19.8. The van der Waals surface area contributed by atoms with Gasteiger partial charge in [0, 0.05) is 35.0 Å². The van der Waals surface area contributed by atoms with Crippen molar-refractivity contribution in [1.82, 2.24) is 10.6 Å². The van der Waals surface area contributed by atoms with Gasteiger partial charge in [-0.15, -0.1) is 0 Å². The smallest absolute Gasteiger partial charge is 0.330 e. The maximum atomic E-state index is 13.2. The van der Waals surface area contributed by atoms with Crippen LogP contribution in [-0.2, 0) is 19.1 Å². The standard InChI is InChI=1S/C46H59ClN2O8/c1-4-5-6-7-8-9-10-11-12-13-14-15-16-17-18-19-20-21-22-23-42(52)49-41(44(54)56-35-36(33-50)34-51)32-48-45(55)46(2,3)57-40-30-26-38(27-31-40)43(53)37-24-28-39(47)29-25-37/h5-6,8-9,11-12,14-15,17-18,20-21,24-31,36,41,50-51H,4,7,10,13,16,19,22-23,32-35H2,1-3H3,(H,48,55)(H,49,52). The van der Waals surface area contributed by atoms with Crippen molar-refractivity contribution in [2.75, 3.05) is 26.4 Å². The first-order chi connectivity index (χ1) is 27.5. The summed E-state index contributed by atoms with van der Waals surface area (Å²) in [5, 5.41) is 24.5. The number of esters is 1. The molecule has 0 aliphatic rings. The van der Waals surface area contributed by atoms with Gasteiger partial charge in [0.05, 0.1) is 19.8 Å². The molecule has 1 atom stereocenters. The summed E-state index contributed by atoms with van der Waals surface area (Å²) in [6, 6.07) is 11.7. The highest BCUT2D eigenvalue weighted by molar-refractivity contribution is 6.30. The van der Waals surface area contributed by atoms with Crippen molar-refractivity contribution in [3.8, 4) is 5.75 Å². The van der Waals surface area contributed by atoms with E-state index in [0.717, 1.165) is 38.5 Å². The number of aliphatic hydroxyl groups is 2. The fourth-order valence-corrected chi connectivity index (χ4v) is 5.09. The van der Waals surface area contributed by atoms with E-state index in [9.17, 15) is 29.4 Å². The number of allylic oxidation sites excluding steroid dienone is 12. The first kappa shape index (κ1) is 48.1. The van der Waals surface area contributed by atoms with Crippen LogP contribution in [-0.4, -0.2) is 71.8 Å². The van der Waals surface area contributed by atoms with Gasteiger partial charge in [0.25, 0.3) is 5.91 Å². The Hall–Kier alpha value is -5.03. The van der Waals surface area contributed by atoms with E-state index in [1.165, 1.54) is 0 Å². The lowest BCUT2D eigenvalue weighted by molar-refractivity contribution is -0.150. The number of amides is 2. The lowest BCUT2D eigenvalue weighted by Crippen LogP contribution is -2.54. The Bertz CT molecular complexity index is 1690. The van der Waals surface area contributed by atoms with Gasteiger partial charge in [0.15, 0.2) is 11.4 Å². The molecule has 2 aromatic rings. The molecule has 0 aromatic heterocycles. The summed E-state index contributed by atoms with van der Waals surface area (Å²) in [6.07, 6.45) is 31.3. The second kappa shape index (κ2) is 28.4. The molecule has 0 fully saturated rings. The highest BCUT2D eigenvalue weighted by Gasteiger charge is 2.32.